The molecule has 0 aromatic heterocycles. The van der Waals surface area contributed by atoms with Gasteiger partial charge >= 0.3 is 0 Å². The van der Waals surface area contributed by atoms with Crippen LogP contribution in [-0.4, -0.2) is 0 Å². The molecule has 0 heterocycles. The fraction of sp³-hybridized carbons (Fsp3) is 0.125. The molecule has 0 fully saturated rings. The number of hydrogen-bond donors (Lipinski definition) is 0. The van der Waals surface area contributed by atoms with Gasteiger partial charge in [0.1, 0.15) is 0 Å². The molecule has 0 spiro atoms. The molecule has 0 N–H and O–H groups in total. The van der Waals surface area contributed by atoms with E-state index >= 15 is 0 Å². The van der Waals surface area contributed by atoms with Crippen LogP contribution in [0.5, 0.6) is 0 Å². The van der Waals surface area contributed by atoms with E-state index in [4.69, 9.17) is 0 Å². The average molecular weight is 254 g/mol. The van der Waals surface area contributed by atoms with Crippen LogP contribution < -0.4 is 0 Å². The summed E-state index contributed by atoms with van der Waals surface area (Å²) in [5, 5.41) is 0. The molecule has 2 rings (SSSR count). The van der Waals surface area contributed by atoms with E-state index in [0.29, 0.717) is 0 Å². The van der Waals surface area contributed by atoms with Crippen molar-refractivity contribution in [1.29, 1.82) is 0 Å². The van der Waals surface area contributed by atoms with Crippen molar-refractivity contribution >= 4 is 14.0 Å². The summed E-state index contributed by atoms with van der Waals surface area (Å²) in [6.07, 6.45) is 0.968. The fourth-order valence-electron chi connectivity index (χ4n) is 2.06. The first kappa shape index (κ1) is 12.7. The Morgan fingerprint density at radius 1 is 1.06 bits per heavy atom. The zero-order chi connectivity index (χ0) is 12.8. The summed E-state index contributed by atoms with van der Waals surface area (Å²) in [7, 11) is 0.0407. The number of hydrogen-bond acceptors (Lipinski definition) is 1. The molecule has 0 aliphatic heterocycles. The highest BCUT2D eigenvalue weighted by Crippen LogP contribution is 2.28. The minimum atomic E-state index is 0.0407. The Hall–Kier alpha value is -1.72. The molecule has 0 aliphatic carbocycles. The van der Waals surface area contributed by atoms with E-state index in [9.17, 15) is 4.57 Å². The summed E-state index contributed by atoms with van der Waals surface area (Å²) in [4.78, 5) is 0. The molecule has 18 heavy (non-hydrogen) atoms. The van der Waals surface area contributed by atoms with E-state index in [1.54, 1.807) is 5.82 Å². The van der Waals surface area contributed by atoms with Gasteiger partial charge in [-0.25, -0.2) is 0 Å². The average Bonchev–Trinajstić information content (AvgIpc) is 2.46. The van der Waals surface area contributed by atoms with E-state index in [1.165, 1.54) is 5.56 Å². The van der Waals surface area contributed by atoms with Gasteiger partial charge in [0.15, 0.2) is 8.46 Å². The van der Waals surface area contributed by atoms with Gasteiger partial charge in [-0.2, -0.15) is 0 Å². The first-order chi connectivity index (χ1) is 8.86. The van der Waals surface area contributed by atoms with Crippen molar-refractivity contribution in [1.82, 2.24) is 0 Å². The van der Waals surface area contributed by atoms with Crippen molar-refractivity contribution in [2.45, 2.75) is 13.3 Å². The van der Waals surface area contributed by atoms with Gasteiger partial charge in [0, 0.05) is 5.82 Å². The predicted molar refractivity (Wildman–Crippen MR) is 76.9 cm³/mol. The van der Waals surface area contributed by atoms with Gasteiger partial charge in [0.25, 0.3) is 0 Å². The van der Waals surface area contributed by atoms with Crippen LogP contribution in [0.3, 0.4) is 0 Å². The van der Waals surface area contributed by atoms with Gasteiger partial charge in [-0.15, -0.1) is 0 Å². The van der Waals surface area contributed by atoms with E-state index in [2.05, 4.69) is 19.1 Å². The van der Waals surface area contributed by atoms with Crippen LogP contribution in [0, 0.1) is 0 Å². The number of aryl methyl sites for hydroxylation is 1. The van der Waals surface area contributed by atoms with Crippen LogP contribution in [0.25, 0.3) is 5.57 Å². The van der Waals surface area contributed by atoms with Crippen LogP contribution in [0.15, 0.2) is 60.4 Å². The third-order valence-electron chi connectivity index (χ3n) is 2.96. The maximum absolute atomic E-state index is 11.0. The minimum Gasteiger partial charge on any atom is -0.270 e. The Bertz CT molecular complexity index is 558. The van der Waals surface area contributed by atoms with Crippen molar-refractivity contribution in [3.63, 3.8) is 0 Å². The highest BCUT2D eigenvalue weighted by Gasteiger charge is 2.08. The molecule has 0 radical (unpaired) electrons. The van der Waals surface area contributed by atoms with E-state index in [-0.39, 0.29) is 8.46 Å². The molecule has 0 amide bonds. The quantitative estimate of drug-likeness (QED) is 0.707. The molecular weight excluding hydrogens is 239 g/mol. The van der Waals surface area contributed by atoms with E-state index in [0.717, 1.165) is 23.1 Å². The van der Waals surface area contributed by atoms with Crippen LogP contribution in [0.1, 0.15) is 23.6 Å². The molecule has 90 valence electrons. The third-order valence-corrected chi connectivity index (χ3v) is 3.32. The van der Waals surface area contributed by atoms with Gasteiger partial charge in [0.05, 0.1) is 0 Å². The van der Waals surface area contributed by atoms with Crippen LogP contribution >= 0.6 is 8.46 Å². The van der Waals surface area contributed by atoms with Gasteiger partial charge in [-0.3, -0.25) is 4.57 Å². The Morgan fingerprint density at radius 2 is 1.72 bits per heavy atom. The smallest absolute Gasteiger partial charge is 0.184 e. The van der Waals surface area contributed by atoms with Gasteiger partial charge in [-0.1, -0.05) is 61.5 Å². The molecular formula is C16H15OP. The zero-order valence-corrected chi connectivity index (χ0v) is 11.2. The first-order valence-electron chi connectivity index (χ1n) is 6.03. The van der Waals surface area contributed by atoms with Crippen molar-refractivity contribution in [2.75, 3.05) is 0 Å². The molecule has 2 aromatic carbocycles. The standard InChI is InChI=1S/C16H15OP/c1-2-13-8-6-7-11-15(13)16(12-18-17)14-9-4-3-5-10-14/h3-12H,2H2,1H3. The predicted octanol–water partition coefficient (Wildman–Crippen LogP) is 4.93. The highest BCUT2D eigenvalue weighted by molar-refractivity contribution is 7.28. The maximum Gasteiger partial charge on any atom is 0.184 e. The van der Waals surface area contributed by atoms with Crippen LogP contribution in [0.2, 0.25) is 0 Å². The fourth-order valence-corrected chi connectivity index (χ4v) is 2.45. The molecule has 0 atom stereocenters. The molecule has 0 saturated carbocycles. The molecule has 0 bridgehead atoms. The lowest BCUT2D eigenvalue weighted by atomic mass is 9.94. The number of rotatable bonds is 4. The Balaban J connectivity index is 2.56. The summed E-state index contributed by atoms with van der Waals surface area (Å²) in [5.41, 5.74) is 4.57. The van der Waals surface area contributed by atoms with Crippen molar-refractivity contribution in [2.24, 2.45) is 0 Å². The lowest BCUT2D eigenvalue weighted by Crippen LogP contribution is -1.93. The summed E-state index contributed by atoms with van der Waals surface area (Å²) in [5.74, 6) is 1.74. The van der Waals surface area contributed by atoms with Gasteiger partial charge in [0.2, 0.25) is 0 Å². The highest BCUT2D eigenvalue weighted by atomic mass is 31.1. The second-order valence-corrected chi connectivity index (χ2v) is 4.49. The van der Waals surface area contributed by atoms with Gasteiger partial charge < -0.3 is 0 Å². The monoisotopic (exact) mass is 254 g/mol. The van der Waals surface area contributed by atoms with E-state index < -0.39 is 0 Å². The van der Waals surface area contributed by atoms with Gasteiger partial charge in [-0.05, 0) is 28.7 Å². The summed E-state index contributed by atoms with van der Waals surface area (Å²) in [6.45, 7) is 2.14. The van der Waals surface area contributed by atoms with Crippen LogP contribution in [0.4, 0.5) is 0 Å². The van der Waals surface area contributed by atoms with Crippen molar-refractivity contribution in [3.05, 3.63) is 77.1 Å². The normalized spacial score (nSPS) is 11.7. The third kappa shape index (κ3) is 2.75. The summed E-state index contributed by atoms with van der Waals surface area (Å²) < 4.78 is 11.0. The Kier molecular flexibility index (Phi) is 4.44. The van der Waals surface area contributed by atoms with E-state index in [1.807, 2.05) is 42.5 Å². The minimum absolute atomic E-state index is 0.0407. The summed E-state index contributed by atoms with van der Waals surface area (Å²) in [6, 6.07) is 18.3. The van der Waals surface area contributed by atoms with Crippen molar-refractivity contribution in [3.8, 4) is 0 Å². The second kappa shape index (κ2) is 6.28. The number of benzene rings is 2. The topological polar surface area (TPSA) is 17.1 Å². The Labute approximate surface area is 109 Å². The zero-order valence-electron chi connectivity index (χ0n) is 10.3. The maximum atomic E-state index is 11.0. The van der Waals surface area contributed by atoms with Crippen LogP contribution in [-0.2, 0) is 11.0 Å². The second-order valence-electron chi connectivity index (χ2n) is 4.02. The largest absolute Gasteiger partial charge is 0.270 e. The molecule has 0 aliphatic rings. The lowest BCUT2D eigenvalue weighted by molar-refractivity contribution is 0.603. The molecule has 0 saturated heterocycles. The molecule has 0 unspecified atom stereocenters. The SMILES string of the molecule is CCc1ccccc1C(=CP=O)c1ccccc1. The summed E-state index contributed by atoms with van der Waals surface area (Å²) >= 11 is 0. The lowest BCUT2D eigenvalue weighted by Gasteiger charge is -2.11. The molecule has 2 heteroatoms. The van der Waals surface area contributed by atoms with Crippen molar-refractivity contribution < 1.29 is 4.57 Å². The first-order valence-corrected chi connectivity index (χ1v) is 6.91. The molecule has 2 aromatic rings. The Morgan fingerprint density at radius 3 is 2.39 bits per heavy atom. The molecule has 1 nitrogen and oxygen atoms in total.